The first-order chi connectivity index (χ1) is 9.62. The van der Waals surface area contributed by atoms with Crippen molar-refractivity contribution in [3.05, 3.63) is 28.3 Å². The molecule has 0 fully saturated rings. The molecule has 0 bridgehead atoms. The Bertz CT molecular complexity index is 626. The zero-order valence-electron chi connectivity index (χ0n) is 12.5. The summed E-state index contributed by atoms with van der Waals surface area (Å²) in [6.45, 7) is 7.12. The molecule has 1 heterocycles. The van der Waals surface area contributed by atoms with Gasteiger partial charge in [-0.2, -0.15) is 0 Å². The summed E-state index contributed by atoms with van der Waals surface area (Å²) < 4.78 is 5.42. The summed E-state index contributed by atoms with van der Waals surface area (Å²) >= 11 is 6.28. The molecular formula is C16H21ClN2O. The highest BCUT2D eigenvalue weighted by Crippen LogP contribution is 2.35. The predicted molar refractivity (Wildman–Crippen MR) is 86.2 cm³/mol. The lowest BCUT2D eigenvalue weighted by atomic mass is 10.0. The van der Waals surface area contributed by atoms with E-state index in [1.165, 1.54) is 5.56 Å². The van der Waals surface area contributed by atoms with Gasteiger partial charge < -0.3 is 10.1 Å². The minimum Gasteiger partial charge on any atom is -0.494 e. The van der Waals surface area contributed by atoms with Crippen molar-refractivity contribution in [2.75, 3.05) is 19.0 Å². The molecule has 1 N–H and O–H groups in total. The molecule has 4 heteroatoms. The summed E-state index contributed by atoms with van der Waals surface area (Å²) in [5.41, 5.74) is 3.15. The van der Waals surface area contributed by atoms with E-state index in [1.807, 2.05) is 13.0 Å². The van der Waals surface area contributed by atoms with Gasteiger partial charge in [0.1, 0.15) is 17.1 Å². The standard InChI is InChI=1S/C16H21ClN2O/c1-5-7-11-8-12-10(3)13(17)9-14(20-4)15(12)19-16(11)18-6-2/h8-9H,5-7H2,1-4H3,(H,18,19). The number of fused-ring (bicyclic) bond motifs is 1. The molecule has 0 saturated heterocycles. The third kappa shape index (κ3) is 2.68. The highest BCUT2D eigenvalue weighted by atomic mass is 35.5. The van der Waals surface area contributed by atoms with Gasteiger partial charge in [0.2, 0.25) is 0 Å². The monoisotopic (exact) mass is 292 g/mol. The van der Waals surface area contributed by atoms with E-state index in [0.717, 1.165) is 52.4 Å². The van der Waals surface area contributed by atoms with E-state index < -0.39 is 0 Å². The van der Waals surface area contributed by atoms with E-state index in [0.29, 0.717) is 0 Å². The van der Waals surface area contributed by atoms with Gasteiger partial charge in [-0.05, 0) is 37.5 Å². The van der Waals surface area contributed by atoms with Gasteiger partial charge in [0.25, 0.3) is 0 Å². The minimum atomic E-state index is 0.717. The van der Waals surface area contributed by atoms with E-state index >= 15 is 0 Å². The third-order valence-corrected chi connectivity index (χ3v) is 3.83. The van der Waals surface area contributed by atoms with E-state index in [4.69, 9.17) is 21.3 Å². The van der Waals surface area contributed by atoms with Crippen LogP contribution in [0.15, 0.2) is 12.1 Å². The Hall–Kier alpha value is -1.48. The molecule has 0 spiro atoms. The zero-order valence-corrected chi connectivity index (χ0v) is 13.3. The molecule has 0 aliphatic heterocycles. The largest absolute Gasteiger partial charge is 0.494 e. The molecular weight excluding hydrogens is 272 g/mol. The van der Waals surface area contributed by atoms with E-state index in [-0.39, 0.29) is 0 Å². The van der Waals surface area contributed by atoms with Crippen molar-refractivity contribution in [3.8, 4) is 5.75 Å². The van der Waals surface area contributed by atoms with Crippen molar-refractivity contribution >= 4 is 28.3 Å². The van der Waals surface area contributed by atoms with E-state index in [9.17, 15) is 0 Å². The molecule has 0 amide bonds. The summed E-state index contributed by atoms with van der Waals surface area (Å²) in [6, 6.07) is 4.02. The molecule has 0 aliphatic carbocycles. The third-order valence-electron chi connectivity index (χ3n) is 3.44. The Morgan fingerprint density at radius 3 is 2.65 bits per heavy atom. The van der Waals surface area contributed by atoms with Crippen LogP contribution in [0.4, 0.5) is 5.82 Å². The number of anilines is 1. The molecule has 108 valence electrons. The lowest BCUT2D eigenvalue weighted by Crippen LogP contribution is -2.05. The number of nitrogens with zero attached hydrogens (tertiary/aromatic N) is 1. The van der Waals surface area contributed by atoms with Crippen LogP contribution >= 0.6 is 11.6 Å². The van der Waals surface area contributed by atoms with Crippen molar-refractivity contribution < 1.29 is 4.74 Å². The molecule has 0 radical (unpaired) electrons. The Labute approximate surface area is 125 Å². The maximum Gasteiger partial charge on any atom is 0.146 e. The number of aromatic nitrogens is 1. The molecule has 1 aromatic heterocycles. The highest BCUT2D eigenvalue weighted by Gasteiger charge is 2.13. The Balaban J connectivity index is 2.75. The molecule has 0 atom stereocenters. The first-order valence-corrected chi connectivity index (χ1v) is 7.40. The van der Waals surface area contributed by atoms with Crippen molar-refractivity contribution in [2.24, 2.45) is 0 Å². The molecule has 2 aromatic rings. The number of hydrogen-bond donors (Lipinski definition) is 1. The molecule has 0 unspecified atom stereocenters. The fraction of sp³-hybridized carbons (Fsp3) is 0.438. The van der Waals surface area contributed by atoms with Crippen LogP contribution in [0, 0.1) is 6.92 Å². The Morgan fingerprint density at radius 2 is 2.05 bits per heavy atom. The van der Waals surface area contributed by atoms with Crippen LogP contribution in [-0.4, -0.2) is 18.6 Å². The van der Waals surface area contributed by atoms with Gasteiger partial charge in [-0.25, -0.2) is 4.98 Å². The summed E-state index contributed by atoms with van der Waals surface area (Å²) in [7, 11) is 1.65. The smallest absolute Gasteiger partial charge is 0.146 e. The summed E-state index contributed by atoms with van der Waals surface area (Å²) in [5.74, 6) is 1.67. The second-order valence-corrected chi connectivity index (χ2v) is 5.27. The van der Waals surface area contributed by atoms with Crippen molar-refractivity contribution in [3.63, 3.8) is 0 Å². The van der Waals surface area contributed by atoms with Crippen molar-refractivity contribution in [1.82, 2.24) is 4.98 Å². The van der Waals surface area contributed by atoms with Gasteiger partial charge in [-0.1, -0.05) is 24.9 Å². The molecule has 1 aromatic carbocycles. The highest BCUT2D eigenvalue weighted by molar-refractivity contribution is 6.32. The van der Waals surface area contributed by atoms with Crippen LogP contribution in [0.3, 0.4) is 0 Å². The van der Waals surface area contributed by atoms with Gasteiger partial charge in [0.05, 0.1) is 7.11 Å². The number of methoxy groups -OCH3 is 1. The second kappa shape index (κ2) is 6.31. The first-order valence-electron chi connectivity index (χ1n) is 7.02. The second-order valence-electron chi connectivity index (χ2n) is 4.86. The fourth-order valence-corrected chi connectivity index (χ4v) is 2.59. The number of aryl methyl sites for hydroxylation is 2. The molecule has 0 saturated carbocycles. The number of ether oxygens (including phenoxy) is 1. The first kappa shape index (κ1) is 14.9. The molecule has 2 rings (SSSR count). The maximum atomic E-state index is 6.28. The summed E-state index contributed by atoms with van der Waals surface area (Å²) in [4.78, 5) is 4.76. The van der Waals surface area contributed by atoms with Gasteiger partial charge in [-0.3, -0.25) is 0 Å². The van der Waals surface area contributed by atoms with Crippen LogP contribution in [0.2, 0.25) is 5.02 Å². The number of hydrogen-bond acceptors (Lipinski definition) is 3. The predicted octanol–water partition coefficient (Wildman–Crippen LogP) is 4.59. The zero-order chi connectivity index (χ0) is 14.7. The Kier molecular flexibility index (Phi) is 4.71. The van der Waals surface area contributed by atoms with Crippen LogP contribution < -0.4 is 10.1 Å². The lowest BCUT2D eigenvalue weighted by Gasteiger charge is -2.15. The van der Waals surface area contributed by atoms with Gasteiger partial charge in [0.15, 0.2) is 0 Å². The van der Waals surface area contributed by atoms with Crippen LogP contribution in [0.1, 0.15) is 31.4 Å². The van der Waals surface area contributed by atoms with E-state index in [2.05, 4.69) is 25.2 Å². The average molecular weight is 293 g/mol. The van der Waals surface area contributed by atoms with Gasteiger partial charge in [-0.15, -0.1) is 0 Å². The number of nitrogens with one attached hydrogen (secondary N) is 1. The molecule has 0 aliphatic rings. The fourth-order valence-electron chi connectivity index (χ4n) is 2.38. The molecule has 20 heavy (non-hydrogen) atoms. The minimum absolute atomic E-state index is 0.717. The number of pyridine rings is 1. The number of halogens is 1. The molecule has 3 nitrogen and oxygen atoms in total. The topological polar surface area (TPSA) is 34.1 Å². The average Bonchev–Trinajstić information content (AvgIpc) is 2.44. The van der Waals surface area contributed by atoms with Gasteiger partial charge in [0, 0.05) is 23.0 Å². The van der Waals surface area contributed by atoms with Crippen LogP contribution in [-0.2, 0) is 6.42 Å². The normalized spacial score (nSPS) is 10.8. The van der Waals surface area contributed by atoms with Crippen LogP contribution in [0.5, 0.6) is 5.75 Å². The number of benzene rings is 1. The Morgan fingerprint density at radius 1 is 1.30 bits per heavy atom. The SMILES string of the molecule is CCCc1cc2c(C)c(Cl)cc(OC)c2nc1NCC. The summed E-state index contributed by atoms with van der Waals surface area (Å²) in [5, 5.41) is 5.13. The van der Waals surface area contributed by atoms with Crippen LogP contribution in [0.25, 0.3) is 10.9 Å². The number of rotatable bonds is 5. The summed E-state index contributed by atoms with van der Waals surface area (Å²) in [6.07, 6.45) is 2.09. The van der Waals surface area contributed by atoms with Crippen molar-refractivity contribution in [2.45, 2.75) is 33.6 Å². The van der Waals surface area contributed by atoms with Crippen molar-refractivity contribution in [1.29, 1.82) is 0 Å². The maximum absolute atomic E-state index is 6.28. The quantitative estimate of drug-likeness (QED) is 0.875. The lowest BCUT2D eigenvalue weighted by molar-refractivity contribution is 0.419. The van der Waals surface area contributed by atoms with Gasteiger partial charge >= 0.3 is 0 Å². The van der Waals surface area contributed by atoms with E-state index in [1.54, 1.807) is 7.11 Å².